The minimum absolute atomic E-state index is 0. The fourth-order valence-electron chi connectivity index (χ4n) is 3.99. The number of nitrogens with one attached hydrogen (secondary N) is 1. The van der Waals surface area contributed by atoms with E-state index in [1.54, 1.807) is 25.2 Å². The molecule has 3 N–H and O–H groups in total. The third-order valence-electron chi connectivity index (χ3n) is 5.66. The number of carbonyl (C=O) groups excluding carboxylic acids is 1. The summed E-state index contributed by atoms with van der Waals surface area (Å²) >= 11 is 0. The van der Waals surface area contributed by atoms with E-state index in [-0.39, 0.29) is 30.0 Å². The Kier molecular flexibility index (Phi) is 9.83. The number of aliphatic imine (C=N–C) groups is 1. The van der Waals surface area contributed by atoms with E-state index in [0.717, 1.165) is 50.2 Å². The van der Waals surface area contributed by atoms with Gasteiger partial charge in [0.1, 0.15) is 11.6 Å². The van der Waals surface area contributed by atoms with Crippen molar-refractivity contribution in [1.82, 2.24) is 15.1 Å². The zero-order chi connectivity index (χ0) is 22.4. The maximum absolute atomic E-state index is 14.3. The first-order chi connectivity index (χ1) is 14.9. The van der Waals surface area contributed by atoms with Crippen molar-refractivity contribution in [2.24, 2.45) is 10.7 Å². The highest BCUT2D eigenvalue weighted by Gasteiger charge is 2.27. The van der Waals surface area contributed by atoms with Crippen LogP contribution in [0.25, 0.3) is 0 Å². The number of benzene rings is 2. The summed E-state index contributed by atoms with van der Waals surface area (Å²) in [6.45, 7) is 5.60. The molecule has 2 aromatic rings. The molecule has 0 radical (unpaired) electrons. The quantitative estimate of drug-likeness (QED) is 0.324. The van der Waals surface area contributed by atoms with Crippen molar-refractivity contribution in [1.29, 1.82) is 0 Å². The zero-order valence-electron chi connectivity index (χ0n) is 18.4. The van der Waals surface area contributed by atoms with Crippen LogP contribution < -0.4 is 11.1 Å². The molecule has 6 nitrogen and oxygen atoms in total. The van der Waals surface area contributed by atoms with Gasteiger partial charge in [-0.15, -0.1) is 24.0 Å². The molecular formula is C23H30F2IN5O. The lowest BCUT2D eigenvalue weighted by molar-refractivity contribution is 0.100. The van der Waals surface area contributed by atoms with Crippen molar-refractivity contribution in [2.75, 3.05) is 33.2 Å². The lowest BCUT2D eigenvalue weighted by Crippen LogP contribution is -2.53. The van der Waals surface area contributed by atoms with Crippen molar-refractivity contribution < 1.29 is 13.6 Å². The van der Waals surface area contributed by atoms with Gasteiger partial charge < -0.3 is 16.0 Å². The van der Waals surface area contributed by atoms with Gasteiger partial charge in [-0.2, -0.15) is 0 Å². The summed E-state index contributed by atoms with van der Waals surface area (Å²) in [5.41, 5.74) is 7.31. The molecule has 1 unspecified atom stereocenters. The van der Waals surface area contributed by atoms with Crippen LogP contribution in [0.3, 0.4) is 0 Å². The summed E-state index contributed by atoms with van der Waals surface area (Å²) in [5.74, 6) is -0.701. The Morgan fingerprint density at radius 3 is 2.31 bits per heavy atom. The van der Waals surface area contributed by atoms with E-state index >= 15 is 0 Å². The molecule has 1 atom stereocenters. The first-order valence-corrected chi connectivity index (χ1v) is 10.5. The van der Waals surface area contributed by atoms with E-state index in [0.29, 0.717) is 17.7 Å². The molecule has 9 heteroatoms. The molecule has 1 aliphatic rings. The third-order valence-corrected chi connectivity index (χ3v) is 5.66. The summed E-state index contributed by atoms with van der Waals surface area (Å²) in [6.07, 6.45) is 0.747. The van der Waals surface area contributed by atoms with Crippen LogP contribution in [0.5, 0.6) is 0 Å². The number of carbonyl (C=O) groups is 1. The summed E-state index contributed by atoms with van der Waals surface area (Å²) in [7, 11) is 1.74. The summed E-state index contributed by atoms with van der Waals surface area (Å²) in [5, 5.41) is 3.35. The van der Waals surface area contributed by atoms with Gasteiger partial charge in [0.25, 0.3) is 0 Å². The van der Waals surface area contributed by atoms with Crippen molar-refractivity contribution >= 4 is 35.8 Å². The molecule has 0 saturated carbocycles. The third kappa shape index (κ3) is 6.38. The van der Waals surface area contributed by atoms with Crippen LogP contribution in [0.2, 0.25) is 0 Å². The molecule has 1 heterocycles. The molecule has 174 valence electrons. The minimum atomic E-state index is -0.555. The molecule has 1 saturated heterocycles. The summed E-state index contributed by atoms with van der Waals surface area (Å²) in [6, 6.07) is 10.9. The van der Waals surface area contributed by atoms with E-state index < -0.39 is 17.5 Å². The van der Waals surface area contributed by atoms with E-state index in [9.17, 15) is 13.6 Å². The topological polar surface area (TPSA) is 74.0 Å². The smallest absolute Gasteiger partial charge is 0.248 e. The number of primary amides is 1. The molecule has 1 amide bonds. The Balaban J connectivity index is 0.00000363. The highest BCUT2D eigenvalue weighted by molar-refractivity contribution is 14.0. The van der Waals surface area contributed by atoms with Gasteiger partial charge in [-0.25, -0.2) is 8.78 Å². The fourth-order valence-corrected chi connectivity index (χ4v) is 3.99. The number of piperazine rings is 1. The molecular weight excluding hydrogens is 527 g/mol. The molecule has 32 heavy (non-hydrogen) atoms. The van der Waals surface area contributed by atoms with E-state index in [2.05, 4.69) is 20.1 Å². The van der Waals surface area contributed by atoms with Gasteiger partial charge in [-0.05, 0) is 30.2 Å². The molecule has 0 aliphatic carbocycles. The van der Waals surface area contributed by atoms with Crippen molar-refractivity contribution in [3.8, 4) is 0 Å². The molecule has 3 rings (SSSR count). The van der Waals surface area contributed by atoms with Crippen molar-refractivity contribution in [2.45, 2.75) is 25.9 Å². The Bertz CT molecular complexity index is 930. The Hall–Kier alpha value is -2.27. The van der Waals surface area contributed by atoms with Gasteiger partial charge in [0.15, 0.2) is 5.96 Å². The van der Waals surface area contributed by atoms with Gasteiger partial charge in [0.2, 0.25) is 5.91 Å². The average molecular weight is 557 g/mol. The normalized spacial score (nSPS) is 15.8. The highest BCUT2D eigenvalue weighted by atomic mass is 127. The van der Waals surface area contributed by atoms with Gasteiger partial charge >= 0.3 is 0 Å². The van der Waals surface area contributed by atoms with Crippen molar-refractivity contribution in [3.05, 3.63) is 70.8 Å². The average Bonchev–Trinajstić information content (AvgIpc) is 2.77. The van der Waals surface area contributed by atoms with Gasteiger partial charge in [-0.3, -0.25) is 14.7 Å². The van der Waals surface area contributed by atoms with Crippen LogP contribution >= 0.6 is 24.0 Å². The van der Waals surface area contributed by atoms with Gasteiger partial charge in [0.05, 0.1) is 0 Å². The standard InChI is InChI=1S/C23H29F2N5O.HI/c1-3-21(19-9-8-18(24)14-20(19)25)29-10-12-30(13-11-29)23(27-2)28-15-16-4-6-17(7-5-16)22(26)31;/h4-9,14,21H,3,10-13,15H2,1-2H3,(H2,26,31)(H,27,28);1H. The number of halogens is 3. The minimum Gasteiger partial charge on any atom is -0.366 e. The zero-order valence-corrected chi connectivity index (χ0v) is 20.7. The van der Waals surface area contributed by atoms with Crippen molar-refractivity contribution in [3.63, 3.8) is 0 Å². The summed E-state index contributed by atoms with van der Waals surface area (Å²) < 4.78 is 27.6. The SMILES string of the molecule is CCC(c1ccc(F)cc1F)N1CCN(C(=NC)NCc2ccc(C(N)=O)cc2)CC1.I. The second-order valence-corrected chi connectivity index (χ2v) is 7.57. The van der Waals surface area contributed by atoms with Crippen LogP contribution in [0, 0.1) is 11.6 Å². The molecule has 0 bridgehead atoms. The Morgan fingerprint density at radius 2 is 1.78 bits per heavy atom. The molecule has 1 fully saturated rings. The van der Waals surface area contributed by atoms with Crippen LogP contribution in [-0.2, 0) is 6.54 Å². The number of rotatable bonds is 6. The second-order valence-electron chi connectivity index (χ2n) is 7.57. The molecule has 1 aliphatic heterocycles. The maximum atomic E-state index is 14.3. The Morgan fingerprint density at radius 1 is 1.12 bits per heavy atom. The first kappa shape index (κ1) is 26.0. The predicted molar refractivity (Wildman–Crippen MR) is 133 cm³/mol. The lowest BCUT2D eigenvalue weighted by Gasteiger charge is -2.40. The number of hydrogen-bond donors (Lipinski definition) is 2. The number of nitrogens with two attached hydrogens (primary N) is 1. The lowest BCUT2D eigenvalue weighted by atomic mass is 10.0. The number of guanidine groups is 1. The van der Waals surface area contributed by atoms with E-state index in [4.69, 9.17) is 5.73 Å². The number of nitrogens with zero attached hydrogens (tertiary/aromatic N) is 3. The van der Waals surface area contributed by atoms with Crippen LogP contribution in [0.15, 0.2) is 47.5 Å². The Labute approximate surface area is 204 Å². The van der Waals surface area contributed by atoms with Gasteiger partial charge in [0, 0.05) is 63.0 Å². The monoisotopic (exact) mass is 557 g/mol. The fraction of sp³-hybridized carbons (Fsp3) is 0.391. The predicted octanol–water partition coefficient (Wildman–Crippen LogP) is 3.53. The number of hydrogen-bond acceptors (Lipinski definition) is 3. The first-order valence-electron chi connectivity index (χ1n) is 10.5. The largest absolute Gasteiger partial charge is 0.366 e. The van der Waals surface area contributed by atoms with Crippen LogP contribution in [0.1, 0.15) is 40.9 Å². The summed E-state index contributed by atoms with van der Waals surface area (Å²) in [4.78, 5) is 20.0. The van der Waals surface area contributed by atoms with Crippen LogP contribution in [0.4, 0.5) is 8.78 Å². The highest BCUT2D eigenvalue weighted by Crippen LogP contribution is 2.28. The van der Waals surface area contributed by atoms with Gasteiger partial charge in [-0.1, -0.05) is 25.1 Å². The second kappa shape index (κ2) is 12.1. The molecule has 0 spiro atoms. The number of amides is 1. The molecule has 2 aromatic carbocycles. The molecule has 0 aromatic heterocycles. The van der Waals surface area contributed by atoms with E-state index in [1.165, 1.54) is 6.07 Å². The van der Waals surface area contributed by atoms with Crippen LogP contribution in [-0.4, -0.2) is 54.9 Å². The van der Waals surface area contributed by atoms with E-state index in [1.807, 2.05) is 19.1 Å². The maximum Gasteiger partial charge on any atom is 0.248 e.